The van der Waals surface area contributed by atoms with E-state index in [-0.39, 0.29) is 12.6 Å². The highest BCUT2D eigenvalue weighted by molar-refractivity contribution is 5.77. The van der Waals surface area contributed by atoms with E-state index < -0.39 is 11.4 Å². The highest BCUT2D eigenvalue weighted by atomic mass is 16.4. The van der Waals surface area contributed by atoms with Gasteiger partial charge < -0.3 is 15.3 Å². The van der Waals surface area contributed by atoms with Crippen LogP contribution in [0.15, 0.2) is 0 Å². The second kappa shape index (κ2) is 6.61. The summed E-state index contributed by atoms with van der Waals surface area (Å²) in [6, 6.07) is -0.133. The minimum absolute atomic E-state index is 0.133. The van der Waals surface area contributed by atoms with Crippen molar-refractivity contribution in [1.29, 1.82) is 0 Å². The Morgan fingerprint density at radius 3 is 2.11 bits per heavy atom. The molecule has 5 heteroatoms. The molecule has 0 aliphatic carbocycles. The second-order valence-electron chi connectivity index (χ2n) is 5.60. The summed E-state index contributed by atoms with van der Waals surface area (Å²) in [6.45, 7) is 4.95. The van der Waals surface area contributed by atoms with Crippen molar-refractivity contribution >= 4 is 12.0 Å². The number of carboxylic acid groups (broad SMARTS) is 1. The molecule has 1 saturated heterocycles. The molecule has 0 aromatic carbocycles. The molecule has 1 fully saturated rings. The summed E-state index contributed by atoms with van der Waals surface area (Å²) in [6.07, 6.45) is 5.67. The first-order chi connectivity index (χ1) is 8.43. The summed E-state index contributed by atoms with van der Waals surface area (Å²) in [5, 5.41) is 11.7. The van der Waals surface area contributed by atoms with Crippen LogP contribution in [0.1, 0.15) is 46.0 Å². The predicted molar refractivity (Wildman–Crippen MR) is 69.5 cm³/mol. The molecule has 1 aliphatic rings. The lowest BCUT2D eigenvalue weighted by Crippen LogP contribution is -2.46. The average Bonchev–Trinajstić information content (AvgIpc) is 2.25. The third-order valence-corrected chi connectivity index (χ3v) is 3.40. The highest BCUT2D eigenvalue weighted by Crippen LogP contribution is 2.14. The van der Waals surface area contributed by atoms with E-state index >= 15 is 0 Å². The second-order valence-corrected chi connectivity index (χ2v) is 5.60. The molecule has 0 spiro atoms. The lowest BCUT2D eigenvalue weighted by Gasteiger charge is -2.27. The van der Waals surface area contributed by atoms with Gasteiger partial charge in [-0.1, -0.05) is 19.3 Å². The maximum absolute atomic E-state index is 12.0. The number of carbonyl (C=O) groups is 2. The number of likely N-dealkylation sites (tertiary alicyclic amines) is 1. The molecular formula is C13H24N2O3. The van der Waals surface area contributed by atoms with Gasteiger partial charge in [-0.05, 0) is 26.7 Å². The normalized spacial score (nSPS) is 17.8. The van der Waals surface area contributed by atoms with E-state index in [4.69, 9.17) is 5.11 Å². The standard InChI is InChI=1S/C13H24N2O3/c1-13(2,11(16)17)10-14-12(18)15-8-6-4-3-5-7-9-15/h3-10H2,1-2H3,(H,14,18)(H,16,17). The van der Waals surface area contributed by atoms with Crippen molar-refractivity contribution in [3.8, 4) is 0 Å². The Balaban J connectivity index is 2.41. The molecule has 0 saturated carbocycles. The quantitative estimate of drug-likeness (QED) is 0.812. The number of hydrogen-bond donors (Lipinski definition) is 2. The monoisotopic (exact) mass is 256 g/mol. The first kappa shape index (κ1) is 14.8. The van der Waals surface area contributed by atoms with Gasteiger partial charge in [0.2, 0.25) is 0 Å². The average molecular weight is 256 g/mol. The third-order valence-electron chi connectivity index (χ3n) is 3.40. The van der Waals surface area contributed by atoms with Crippen LogP contribution >= 0.6 is 0 Å². The zero-order chi connectivity index (χ0) is 13.6. The number of amides is 2. The van der Waals surface area contributed by atoms with Crippen LogP contribution in [0.4, 0.5) is 4.79 Å². The summed E-state index contributed by atoms with van der Waals surface area (Å²) in [5.74, 6) is -0.893. The molecule has 0 radical (unpaired) electrons. The van der Waals surface area contributed by atoms with Gasteiger partial charge in [-0.25, -0.2) is 4.79 Å². The number of urea groups is 1. The fourth-order valence-electron chi connectivity index (χ4n) is 1.93. The van der Waals surface area contributed by atoms with Gasteiger partial charge in [-0.3, -0.25) is 4.79 Å². The molecule has 0 unspecified atom stereocenters. The lowest BCUT2D eigenvalue weighted by molar-refractivity contribution is -0.146. The number of rotatable bonds is 3. The maximum Gasteiger partial charge on any atom is 0.317 e. The minimum Gasteiger partial charge on any atom is -0.481 e. The van der Waals surface area contributed by atoms with E-state index in [1.165, 1.54) is 19.3 Å². The van der Waals surface area contributed by atoms with Crippen molar-refractivity contribution in [1.82, 2.24) is 10.2 Å². The summed E-state index contributed by atoms with van der Waals surface area (Å²) in [7, 11) is 0. The minimum atomic E-state index is -0.918. The number of aliphatic carboxylic acids is 1. The number of hydrogen-bond acceptors (Lipinski definition) is 2. The summed E-state index contributed by atoms with van der Waals surface area (Å²) < 4.78 is 0. The molecule has 0 bridgehead atoms. The Labute approximate surface area is 109 Å². The SMILES string of the molecule is CC(C)(CNC(=O)N1CCCCCCC1)C(=O)O. The van der Waals surface area contributed by atoms with Crippen LogP contribution in [0.5, 0.6) is 0 Å². The number of nitrogens with one attached hydrogen (secondary N) is 1. The van der Waals surface area contributed by atoms with Crippen molar-refractivity contribution in [2.75, 3.05) is 19.6 Å². The summed E-state index contributed by atoms with van der Waals surface area (Å²) in [5.41, 5.74) is -0.918. The van der Waals surface area contributed by atoms with Crippen molar-refractivity contribution < 1.29 is 14.7 Å². The van der Waals surface area contributed by atoms with Crippen molar-refractivity contribution in [2.24, 2.45) is 5.41 Å². The summed E-state index contributed by atoms with van der Waals surface area (Å²) >= 11 is 0. The van der Waals surface area contributed by atoms with E-state index in [2.05, 4.69) is 5.32 Å². The Kier molecular flexibility index (Phi) is 5.44. The van der Waals surface area contributed by atoms with Gasteiger partial charge in [0.15, 0.2) is 0 Å². The molecule has 18 heavy (non-hydrogen) atoms. The fraction of sp³-hybridized carbons (Fsp3) is 0.846. The van der Waals surface area contributed by atoms with Gasteiger partial charge in [0, 0.05) is 19.6 Å². The summed E-state index contributed by atoms with van der Waals surface area (Å²) in [4.78, 5) is 24.7. The van der Waals surface area contributed by atoms with E-state index in [0.29, 0.717) is 0 Å². The fourth-order valence-corrected chi connectivity index (χ4v) is 1.93. The Bertz CT molecular complexity index is 295. The van der Waals surface area contributed by atoms with Crippen molar-refractivity contribution in [2.45, 2.75) is 46.0 Å². The van der Waals surface area contributed by atoms with Gasteiger partial charge in [0.25, 0.3) is 0 Å². The Morgan fingerprint density at radius 1 is 1.11 bits per heavy atom. The maximum atomic E-state index is 12.0. The van der Waals surface area contributed by atoms with Gasteiger partial charge in [-0.2, -0.15) is 0 Å². The number of nitrogens with zero attached hydrogens (tertiary/aromatic N) is 1. The molecule has 0 aromatic rings. The van der Waals surface area contributed by atoms with E-state index in [1.54, 1.807) is 18.7 Å². The smallest absolute Gasteiger partial charge is 0.317 e. The largest absolute Gasteiger partial charge is 0.481 e. The molecule has 1 rings (SSSR count). The predicted octanol–water partition coefficient (Wildman–Crippen LogP) is 2.07. The van der Waals surface area contributed by atoms with Gasteiger partial charge in [-0.15, -0.1) is 0 Å². The Hall–Kier alpha value is -1.26. The van der Waals surface area contributed by atoms with Crippen LogP contribution in [0.2, 0.25) is 0 Å². The molecule has 0 aromatic heterocycles. The topological polar surface area (TPSA) is 69.6 Å². The molecule has 2 N–H and O–H groups in total. The van der Waals surface area contributed by atoms with E-state index in [1.807, 2.05) is 0 Å². The van der Waals surface area contributed by atoms with Gasteiger partial charge >= 0.3 is 12.0 Å². The van der Waals surface area contributed by atoms with Crippen LogP contribution in [0.3, 0.4) is 0 Å². The van der Waals surface area contributed by atoms with Crippen molar-refractivity contribution in [3.05, 3.63) is 0 Å². The first-order valence-corrected chi connectivity index (χ1v) is 6.70. The molecular weight excluding hydrogens is 232 g/mol. The number of carbonyl (C=O) groups excluding carboxylic acids is 1. The van der Waals surface area contributed by atoms with E-state index in [9.17, 15) is 9.59 Å². The van der Waals surface area contributed by atoms with Crippen molar-refractivity contribution in [3.63, 3.8) is 0 Å². The van der Waals surface area contributed by atoms with Crippen LogP contribution in [-0.2, 0) is 4.79 Å². The highest BCUT2D eigenvalue weighted by Gasteiger charge is 2.28. The van der Waals surface area contributed by atoms with E-state index in [0.717, 1.165) is 25.9 Å². The zero-order valence-corrected chi connectivity index (χ0v) is 11.4. The third kappa shape index (κ3) is 4.55. The van der Waals surface area contributed by atoms with Crippen LogP contribution < -0.4 is 5.32 Å². The Morgan fingerprint density at radius 2 is 1.61 bits per heavy atom. The molecule has 0 atom stereocenters. The lowest BCUT2D eigenvalue weighted by atomic mass is 9.94. The molecule has 5 nitrogen and oxygen atoms in total. The zero-order valence-electron chi connectivity index (χ0n) is 11.4. The molecule has 104 valence electrons. The molecule has 2 amide bonds. The van der Waals surface area contributed by atoms with Crippen LogP contribution in [-0.4, -0.2) is 41.6 Å². The van der Waals surface area contributed by atoms with Crippen LogP contribution in [0, 0.1) is 5.41 Å². The molecule has 1 aliphatic heterocycles. The number of carboxylic acids is 1. The van der Waals surface area contributed by atoms with Gasteiger partial charge in [0.05, 0.1) is 5.41 Å². The van der Waals surface area contributed by atoms with Crippen LogP contribution in [0.25, 0.3) is 0 Å². The first-order valence-electron chi connectivity index (χ1n) is 6.70. The van der Waals surface area contributed by atoms with Gasteiger partial charge in [0.1, 0.15) is 0 Å². The molecule has 1 heterocycles.